The summed E-state index contributed by atoms with van der Waals surface area (Å²) in [5.74, 6) is -0.614. The fourth-order valence-electron chi connectivity index (χ4n) is 1.76. The molecular formula is C14H15N3O2. The van der Waals surface area contributed by atoms with Gasteiger partial charge in [0.05, 0.1) is 6.04 Å². The summed E-state index contributed by atoms with van der Waals surface area (Å²) in [6.07, 6.45) is 3.44. The Balaban J connectivity index is 2.28. The molecule has 0 aliphatic heterocycles. The van der Waals surface area contributed by atoms with Gasteiger partial charge < -0.3 is 10.4 Å². The van der Waals surface area contributed by atoms with Crippen molar-refractivity contribution in [3.8, 4) is 0 Å². The van der Waals surface area contributed by atoms with Crippen molar-refractivity contribution < 1.29 is 9.90 Å². The Morgan fingerprint density at radius 1 is 1.37 bits per heavy atom. The second-order valence-corrected chi connectivity index (χ2v) is 4.31. The Bertz CT molecular complexity index is 584. The number of aryl methyl sites for hydroxylation is 1. The van der Waals surface area contributed by atoms with Crippen LogP contribution in [0.3, 0.4) is 0 Å². The second kappa shape index (κ2) is 5.48. The second-order valence-electron chi connectivity index (χ2n) is 4.31. The molecule has 0 fully saturated rings. The normalized spacial score (nSPS) is 11.9. The summed E-state index contributed by atoms with van der Waals surface area (Å²) < 4.78 is 0. The van der Waals surface area contributed by atoms with Crippen molar-refractivity contribution in [2.45, 2.75) is 19.9 Å². The smallest absolute Gasteiger partial charge is 0.339 e. The van der Waals surface area contributed by atoms with Crippen LogP contribution in [0.15, 0.2) is 36.7 Å². The van der Waals surface area contributed by atoms with Crippen LogP contribution in [0.1, 0.15) is 34.6 Å². The van der Waals surface area contributed by atoms with Crippen molar-refractivity contribution in [1.82, 2.24) is 9.97 Å². The standard InChI is InChI=1S/C14H15N3O2/c1-9-5-6-12(14(18)19)13(16-9)17-10(2)11-4-3-7-15-8-11/h3-8,10H,1-2H3,(H,16,17)(H,18,19). The molecule has 0 radical (unpaired) electrons. The van der Waals surface area contributed by atoms with Crippen LogP contribution >= 0.6 is 0 Å². The fraction of sp³-hybridized carbons (Fsp3) is 0.214. The highest BCUT2D eigenvalue weighted by Gasteiger charge is 2.14. The minimum absolute atomic E-state index is 0.0684. The number of pyridine rings is 2. The van der Waals surface area contributed by atoms with E-state index < -0.39 is 5.97 Å². The number of nitrogens with zero attached hydrogens (tertiary/aromatic N) is 2. The van der Waals surface area contributed by atoms with Gasteiger partial charge in [-0.2, -0.15) is 0 Å². The van der Waals surface area contributed by atoms with Gasteiger partial charge in [0, 0.05) is 18.1 Å². The lowest BCUT2D eigenvalue weighted by Gasteiger charge is -2.16. The Morgan fingerprint density at radius 3 is 2.79 bits per heavy atom. The maximum absolute atomic E-state index is 11.2. The molecule has 0 aliphatic carbocycles. The minimum Gasteiger partial charge on any atom is -0.478 e. The molecule has 1 unspecified atom stereocenters. The SMILES string of the molecule is Cc1ccc(C(=O)O)c(NC(C)c2cccnc2)n1. The zero-order valence-electron chi connectivity index (χ0n) is 10.8. The molecule has 0 spiro atoms. The van der Waals surface area contributed by atoms with Crippen LogP contribution < -0.4 is 5.32 Å². The zero-order valence-corrected chi connectivity index (χ0v) is 10.8. The van der Waals surface area contributed by atoms with Gasteiger partial charge in [-0.3, -0.25) is 4.98 Å². The number of aromatic carboxylic acids is 1. The van der Waals surface area contributed by atoms with E-state index in [9.17, 15) is 4.79 Å². The first kappa shape index (κ1) is 13.0. The summed E-state index contributed by atoms with van der Waals surface area (Å²) >= 11 is 0. The maximum atomic E-state index is 11.2. The topological polar surface area (TPSA) is 75.1 Å². The maximum Gasteiger partial charge on any atom is 0.339 e. The molecule has 0 aromatic carbocycles. The number of carbonyl (C=O) groups is 1. The first-order chi connectivity index (χ1) is 9.08. The Labute approximate surface area is 111 Å². The third-order valence-corrected chi connectivity index (χ3v) is 2.80. The number of hydrogen-bond donors (Lipinski definition) is 2. The molecule has 2 rings (SSSR count). The summed E-state index contributed by atoms with van der Waals surface area (Å²) in [7, 11) is 0. The van der Waals surface area contributed by atoms with E-state index in [2.05, 4.69) is 15.3 Å². The summed E-state index contributed by atoms with van der Waals surface area (Å²) in [5, 5.41) is 12.3. The Morgan fingerprint density at radius 2 is 2.16 bits per heavy atom. The first-order valence-electron chi connectivity index (χ1n) is 5.95. The molecule has 19 heavy (non-hydrogen) atoms. The summed E-state index contributed by atoms with van der Waals surface area (Å²) in [4.78, 5) is 19.5. The number of rotatable bonds is 4. The molecule has 0 bridgehead atoms. The molecule has 2 aromatic rings. The van der Waals surface area contributed by atoms with Gasteiger partial charge in [-0.05, 0) is 37.6 Å². The van der Waals surface area contributed by atoms with Crippen molar-refractivity contribution in [1.29, 1.82) is 0 Å². The average Bonchev–Trinajstić information content (AvgIpc) is 2.39. The van der Waals surface area contributed by atoms with Crippen molar-refractivity contribution in [2.24, 2.45) is 0 Å². The fourth-order valence-corrected chi connectivity index (χ4v) is 1.76. The van der Waals surface area contributed by atoms with Crippen LogP contribution in [0.2, 0.25) is 0 Å². The van der Waals surface area contributed by atoms with E-state index >= 15 is 0 Å². The van der Waals surface area contributed by atoms with Crippen LogP contribution in [-0.2, 0) is 0 Å². The van der Waals surface area contributed by atoms with Crippen LogP contribution in [0.5, 0.6) is 0 Å². The third-order valence-electron chi connectivity index (χ3n) is 2.80. The zero-order chi connectivity index (χ0) is 13.8. The lowest BCUT2D eigenvalue weighted by atomic mass is 10.1. The quantitative estimate of drug-likeness (QED) is 0.880. The van der Waals surface area contributed by atoms with Crippen LogP contribution in [-0.4, -0.2) is 21.0 Å². The van der Waals surface area contributed by atoms with Gasteiger partial charge in [0.1, 0.15) is 11.4 Å². The van der Waals surface area contributed by atoms with Crippen LogP contribution in [0.4, 0.5) is 5.82 Å². The highest BCUT2D eigenvalue weighted by molar-refractivity contribution is 5.93. The molecule has 2 N–H and O–H groups in total. The molecule has 5 nitrogen and oxygen atoms in total. The molecule has 0 saturated carbocycles. The minimum atomic E-state index is -0.992. The monoisotopic (exact) mass is 257 g/mol. The number of nitrogens with one attached hydrogen (secondary N) is 1. The number of hydrogen-bond acceptors (Lipinski definition) is 4. The van der Waals surface area contributed by atoms with Gasteiger partial charge >= 0.3 is 5.97 Å². The molecule has 0 aliphatic rings. The summed E-state index contributed by atoms with van der Waals surface area (Å²) in [5.41, 5.74) is 1.91. The molecule has 1 atom stereocenters. The molecule has 98 valence electrons. The van der Waals surface area contributed by atoms with Gasteiger partial charge in [0.15, 0.2) is 0 Å². The van der Waals surface area contributed by atoms with E-state index in [1.54, 1.807) is 24.5 Å². The molecule has 2 aromatic heterocycles. The van der Waals surface area contributed by atoms with Crippen molar-refractivity contribution in [3.05, 3.63) is 53.5 Å². The average molecular weight is 257 g/mol. The number of aromatic nitrogens is 2. The lowest BCUT2D eigenvalue weighted by Crippen LogP contribution is -2.13. The summed E-state index contributed by atoms with van der Waals surface area (Å²) in [6, 6.07) is 6.95. The van der Waals surface area contributed by atoms with E-state index in [1.165, 1.54) is 0 Å². The van der Waals surface area contributed by atoms with E-state index in [0.29, 0.717) is 5.82 Å². The highest BCUT2D eigenvalue weighted by atomic mass is 16.4. The predicted octanol–water partition coefficient (Wildman–Crippen LogP) is 2.66. The third kappa shape index (κ3) is 3.07. The number of anilines is 1. The Kier molecular flexibility index (Phi) is 3.75. The number of carboxylic acid groups (broad SMARTS) is 1. The summed E-state index contributed by atoms with van der Waals surface area (Å²) in [6.45, 7) is 3.76. The van der Waals surface area contributed by atoms with Gasteiger partial charge in [-0.1, -0.05) is 6.07 Å². The Hall–Kier alpha value is -2.43. The van der Waals surface area contributed by atoms with Gasteiger partial charge in [0.25, 0.3) is 0 Å². The first-order valence-corrected chi connectivity index (χ1v) is 5.95. The van der Waals surface area contributed by atoms with Crippen molar-refractivity contribution in [3.63, 3.8) is 0 Å². The molecule has 5 heteroatoms. The van der Waals surface area contributed by atoms with Gasteiger partial charge in [0.2, 0.25) is 0 Å². The van der Waals surface area contributed by atoms with Crippen molar-refractivity contribution in [2.75, 3.05) is 5.32 Å². The van der Waals surface area contributed by atoms with E-state index in [1.807, 2.05) is 26.0 Å². The molecular weight excluding hydrogens is 242 g/mol. The molecule has 2 heterocycles. The number of carboxylic acids is 1. The van der Waals surface area contributed by atoms with Crippen molar-refractivity contribution >= 4 is 11.8 Å². The lowest BCUT2D eigenvalue weighted by molar-refractivity contribution is 0.0697. The van der Waals surface area contributed by atoms with Crippen LogP contribution in [0, 0.1) is 6.92 Å². The van der Waals surface area contributed by atoms with E-state index in [0.717, 1.165) is 11.3 Å². The largest absolute Gasteiger partial charge is 0.478 e. The van der Waals surface area contributed by atoms with Gasteiger partial charge in [-0.25, -0.2) is 9.78 Å². The van der Waals surface area contributed by atoms with E-state index in [-0.39, 0.29) is 11.6 Å². The molecule has 0 amide bonds. The van der Waals surface area contributed by atoms with E-state index in [4.69, 9.17) is 5.11 Å². The highest BCUT2D eigenvalue weighted by Crippen LogP contribution is 2.20. The van der Waals surface area contributed by atoms with Crippen LogP contribution in [0.25, 0.3) is 0 Å². The molecule has 0 saturated heterocycles. The predicted molar refractivity (Wildman–Crippen MR) is 72.2 cm³/mol. The van der Waals surface area contributed by atoms with Gasteiger partial charge in [-0.15, -0.1) is 0 Å².